The highest BCUT2D eigenvalue weighted by Crippen LogP contribution is 2.29. The number of hydrogen-bond acceptors (Lipinski definition) is 3. The van der Waals surface area contributed by atoms with Crippen LogP contribution in [0.5, 0.6) is 0 Å². The summed E-state index contributed by atoms with van der Waals surface area (Å²) >= 11 is 1.70. The number of pyridine rings is 1. The summed E-state index contributed by atoms with van der Waals surface area (Å²) in [4.78, 5) is 5.58. The Bertz CT molecular complexity index is 483. The summed E-state index contributed by atoms with van der Waals surface area (Å²) in [5, 5.41) is 1.02. The Kier molecular flexibility index (Phi) is 4.18. The van der Waals surface area contributed by atoms with E-state index in [1.54, 1.807) is 11.8 Å². The van der Waals surface area contributed by atoms with Crippen molar-refractivity contribution in [2.75, 3.05) is 6.54 Å². The van der Waals surface area contributed by atoms with Crippen molar-refractivity contribution >= 4 is 11.8 Å². The van der Waals surface area contributed by atoms with Gasteiger partial charge in [0.15, 0.2) is 0 Å². The van der Waals surface area contributed by atoms with Crippen LogP contribution in [-0.4, -0.2) is 11.5 Å². The minimum absolute atomic E-state index is 0.680. The first kappa shape index (κ1) is 12.1. The van der Waals surface area contributed by atoms with E-state index in [9.17, 15) is 0 Å². The van der Waals surface area contributed by atoms with E-state index in [1.807, 2.05) is 24.4 Å². The van der Waals surface area contributed by atoms with E-state index in [4.69, 9.17) is 5.73 Å². The van der Waals surface area contributed by atoms with Crippen molar-refractivity contribution in [3.63, 3.8) is 0 Å². The second-order valence-corrected chi connectivity index (χ2v) is 4.98. The monoisotopic (exact) mass is 244 g/mol. The summed E-state index contributed by atoms with van der Waals surface area (Å²) in [7, 11) is 0. The molecule has 2 aromatic rings. The first-order chi connectivity index (χ1) is 8.29. The van der Waals surface area contributed by atoms with Gasteiger partial charge >= 0.3 is 0 Å². The Morgan fingerprint density at radius 2 is 2.12 bits per heavy atom. The van der Waals surface area contributed by atoms with Gasteiger partial charge in [-0.2, -0.15) is 0 Å². The van der Waals surface area contributed by atoms with E-state index in [0.29, 0.717) is 6.54 Å². The van der Waals surface area contributed by atoms with Crippen LogP contribution in [0.3, 0.4) is 0 Å². The fourth-order valence-electron chi connectivity index (χ4n) is 1.68. The van der Waals surface area contributed by atoms with Crippen LogP contribution in [-0.2, 0) is 6.42 Å². The molecule has 0 aliphatic rings. The Balaban J connectivity index is 2.26. The molecule has 1 heterocycles. The highest BCUT2D eigenvalue weighted by atomic mass is 32.2. The lowest BCUT2D eigenvalue weighted by molar-refractivity contribution is 0.940. The van der Waals surface area contributed by atoms with Crippen LogP contribution in [0.1, 0.15) is 11.1 Å². The fourth-order valence-corrected chi connectivity index (χ4v) is 2.59. The molecule has 0 saturated carbocycles. The van der Waals surface area contributed by atoms with E-state index in [1.165, 1.54) is 16.0 Å². The van der Waals surface area contributed by atoms with Gasteiger partial charge in [-0.05, 0) is 43.7 Å². The second kappa shape index (κ2) is 5.84. The number of hydrogen-bond donors (Lipinski definition) is 1. The van der Waals surface area contributed by atoms with E-state index >= 15 is 0 Å². The van der Waals surface area contributed by atoms with Gasteiger partial charge in [-0.1, -0.05) is 35.5 Å². The number of nitrogens with zero attached hydrogens (tertiary/aromatic N) is 1. The second-order valence-electron chi connectivity index (χ2n) is 3.92. The lowest BCUT2D eigenvalue weighted by Crippen LogP contribution is -2.04. The molecule has 0 amide bonds. The summed E-state index contributed by atoms with van der Waals surface area (Å²) in [5.41, 5.74) is 8.23. The Hall–Kier alpha value is -1.32. The molecule has 0 atom stereocenters. The Morgan fingerprint density at radius 3 is 2.82 bits per heavy atom. The van der Waals surface area contributed by atoms with Crippen molar-refractivity contribution in [2.24, 2.45) is 5.73 Å². The molecule has 2 N–H and O–H groups in total. The number of rotatable bonds is 4. The highest BCUT2D eigenvalue weighted by molar-refractivity contribution is 7.99. The zero-order valence-corrected chi connectivity index (χ0v) is 10.7. The number of aromatic nitrogens is 1. The molecule has 88 valence electrons. The summed E-state index contributed by atoms with van der Waals surface area (Å²) in [5.74, 6) is 0. The molecule has 2 rings (SSSR count). The summed E-state index contributed by atoms with van der Waals surface area (Å²) < 4.78 is 0. The fraction of sp³-hybridized carbons (Fsp3) is 0.214. The minimum Gasteiger partial charge on any atom is -0.330 e. The van der Waals surface area contributed by atoms with E-state index < -0.39 is 0 Å². The number of nitrogens with two attached hydrogens (primary N) is 1. The predicted molar refractivity (Wildman–Crippen MR) is 72.3 cm³/mol. The maximum Gasteiger partial charge on any atom is 0.101 e. The van der Waals surface area contributed by atoms with E-state index in [0.717, 1.165) is 11.4 Å². The van der Waals surface area contributed by atoms with Crippen molar-refractivity contribution in [2.45, 2.75) is 23.3 Å². The average molecular weight is 244 g/mol. The Morgan fingerprint density at radius 1 is 1.24 bits per heavy atom. The van der Waals surface area contributed by atoms with Crippen LogP contribution in [0.4, 0.5) is 0 Å². The quantitative estimate of drug-likeness (QED) is 0.898. The van der Waals surface area contributed by atoms with Crippen LogP contribution in [0, 0.1) is 6.92 Å². The number of benzene rings is 1. The largest absolute Gasteiger partial charge is 0.330 e. The van der Waals surface area contributed by atoms with Crippen molar-refractivity contribution in [1.29, 1.82) is 0 Å². The van der Waals surface area contributed by atoms with Crippen LogP contribution >= 0.6 is 11.8 Å². The third kappa shape index (κ3) is 3.32. The van der Waals surface area contributed by atoms with Crippen molar-refractivity contribution < 1.29 is 0 Å². The highest BCUT2D eigenvalue weighted by Gasteiger charge is 2.04. The van der Waals surface area contributed by atoms with Crippen molar-refractivity contribution in [3.05, 3.63) is 53.7 Å². The van der Waals surface area contributed by atoms with Crippen LogP contribution < -0.4 is 5.73 Å². The predicted octanol–water partition coefficient (Wildman–Crippen LogP) is 3.04. The summed E-state index contributed by atoms with van der Waals surface area (Å²) in [6.45, 7) is 2.79. The normalized spacial score (nSPS) is 10.5. The van der Waals surface area contributed by atoms with Gasteiger partial charge in [-0.25, -0.2) is 4.98 Å². The maximum absolute atomic E-state index is 5.65. The van der Waals surface area contributed by atoms with Crippen LogP contribution in [0.2, 0.25) is 0 Å². The van der Waals surface area contributed by atoms with Gasteiger partial charge in [-0.15, -0.1) is 0 Å². The van der Waals surface area contributed by atoms with Crippen LogP contribution in [0.15, 0.2) is 52.5 Å². The standard InChI is InChI=1S/C14H16N2S/c1-11-5-6-13(12(10-11)7-8-15)17-14-4-2-3-9-16-14/h2-6,9-10H,7-8,15H2,1H3. The van der Waals surface area contributed by atoms with Gasteiger partial charge in [0, 0.05) is 11.1 Å². The first-order valence-corrected chi connectivity index (χ1v) is 6.50. The van der Waals surface area contributed by atoms with Gasteiger partial charge < -0.3 is 5.73 Å². The molecule has 0 saturated heterocycles. The zero-order valence-electron chi connectivity index (χ0n) is 9.89. The molecular weight excluding hydrogens is 228 g/mol. The molecule has 0 spiro atoms. The third-order valence-corrected chi connectivity index (χ3v) is 3.55. The van der Waals surface area contributed by atoms with Crippen molar-refractivity contribution in [1.82, 2.24) is 4.98 Å². The number of aryl methyl sites for hydroxylation is 1. The topological polar surface area (TPSA) is 38.9 Å². The SMILES string of the molecule is Cc1ccc(Sc2ccccn2)c(CCN)c1. The zero-order chi connectivity index (χ0) is 12.1. The lowest BCUT2D eigenvalue weighted by atomic mass is 10.1. The molecular formula is C14H16N2S. The Labute approximate surface area is 106 Å². The molecule has 1 aromatic heterocycles. The maximum atomic E-state index is 5.65. The summed E-state index contributed by atoms with van der Waals surface area (Å²) in [6, 6.07) is 12.5. The molecule has 0 fully saturated rings. The molecule has 17 heavy (non-hydrogen) atoms. The average Bonchev–Trinajstić information content (AvgIpc) is 2.34. The summed E-state index contributed by atoms with van der Waals surface area (Å²) in [6.07, 6.45) is 2.73. The minimum atomic E-state index is 0.680. The molecule has 3 heteroatoms. The van der Waals surface area contributed by atoms with Crippen LogP contribution in [0.25, 0.3) is 0 Å². The molecule has 0 bridgehead atoms. The van der Waals surface area contributed by atoms with Gasteiger partial charge in [0.05, 0.1) is 0 Å². The molecule has 1 aromatic carbocycles. The lowest BCUT2D eigenvalue weighted by Gasteiger charge is -2.08. The molecule has 0 unspecified atom stereocenters. The van der Waals surface area contributed by atoms with E-state index in [2.05, 4.69) is 30.1 Å². The van der Waals surface area contributed by atoms with Gasteiger partial charge in [-0.3, -0.25) is 0 Å². The van der Waals surface area contributed by atoms with E-state index in [-0.39, 0.29) is 0 Å². The van der Waals surface area contributed by atoms with Crippen molar-refractivity contribution in [3.8, 4) is 0 Å². The molecule has 0 aliphatic heterocycles. The third-order valence-electron chi connectivity index (χ3n) is 2.48. The molecule has 2 nitrogen and oxygen atoms in total. The smallest absolute Gasteiger partial charge is 0.101 e. The van der Waals surface area contributed by atoms with Gasteiger partial charge in [0.2, 0.25) is 0 Å². The first-order valence-electron chi connectivity index (χ1n) is 5.68. The van der Waals surface area contributed by atoms with Gasteiger partial charge in [0.25, 0.3) is 0 Å². The van der Waals surface area contributed by atoms with Gasteiger partial charge in [0.1, 0.15) is 5.03 Å². The molecule has 0 radical (unpaired) electrons. The molecule has 0 aliphatic carbocycles.